The van der Waals surface area contributed by atoms with Crippen molar-refractivity contribution in [1.29, 1.82) is 0 Å². The molecule has 1 aliphatic heterocycles. The van der Waals surface area contributed by atoms with Crippen LogP contribution in [0.3, 0.4) is 0 Å². The monoisotopic (exact) mass is 359 g/mol. The van der Waals surface area contributed by atoms with E-state index in [1.807, 2.05) is 13.8 Å². The summed E-state index contributed by atoms with van der Waals surface area (Å²) >= 11 is 0. The predicted octanol–water partition coefficient (Wildman–Crippen LogP) is 2.00. The Labute approximate surface area is 153 Å². The molecule has 3 heterocycles. The molecule has 8 heteroatoms. The van der Waals surface area contributed by atoms with E-state index in [0.717, 1.165) is 32.0 Å². The van der Waals surface area contributed by atoms with Crippen molar-refractivity contribution in [2.24, 2.45) is 0 Å². The zero-order valence-electron chi connectivity index (χ0n) is 15.4. The topological polar surface area (TPSA) is 83.7 Å². The van der Waals surface area contributed by atoms with Gasteiger partial charge in [-0.05, 0) is 33.0 Å². The Morgan fingerprint density at radius 2 is 2.04 bits per heavy atom. The van der Waals surface area contributed by atoms with Crippen LogP contribution in [0.2, 0.25) is 0 Å². The normalized spacial score (nSPS) is 15.5. The minimum atomic E-state index is -0.344. The summed E-state index contributed by atoms with van der Waals surface area (Å²) in [7, 11) is 2.10. The van der Waals surface area contributed by atoms with Gasteiger partial charge in [0.1, 0.15) is 30.3 Å². The van der Waals surface area contributed by atoms with Gasteiger partial charge in [-0.1, -0.05) is 0 Å². The number of furan rings is 1. The Balaban J connectivity index is 1.61. The molecule has 2 aromatic rings. The van der Waals surface area contributed by atoms with Gasteiger partial charge in [-0.25, -0.2) is 9.97 Å². The first-order valence-corrected chi connectivity index (χ1v) is 8.78. The average Bonchev–Trinajstić information content (AvgIpc) is 3.10. The Hall–Kier alpha value is -2.45. The van der Waals surface area contributed by atoms with E-state index in [4.69, 9.17) is 9.15 Å². The Bertz CT molecular complexity index is 738. The van der Waals surface area contributed by atoms with Gasteiger partial charge in [-0.3, -0.25) is 4.79 Å². The largest absolute Gasteiger partial charge is 0.453 e. The summed E-state index contributed by atoms with van der Waals surface area (Å²) in [6.45, 7) is 8.01. The first-order valence-electron chi connectivity index (χ1n) is 8.78. The fourth-order valence-corrected chi connectivity index (χ4v) is 2.63. The lowest BCUT2D eigenvalue weighted by atomic mass is 10.3. The lowest BCUT2D eigenvalue weighted by Crippen LogP contribution is -2.44. The average molecular weight is 359 g/mol. The number of nitrogens with one attached hydrogen (secondary N) is 1. The predicted molar refractivity (Wildman–Crippen MR) is 98.3 cm³/mol. The maximum atomic E-state index is 12.4. The highest BCUT2D eigenvalue weighted by Gasteiger charge is 2.17. The second-order valence-corrected chi connectivity index (χ2v) is 6.63. The van der Waals surface area contributed by atoms with Gasteiger partial charge in [-0.15, -0.1) is 0 Å². The highest BCUT2D eigenvalue weighted by molar-refractivity contribution is 6.01. The molecular formula is C18H25N5O3. The zero-order valence-corrected chi connectivity index (χ0v) is 15.4. The summed E-state index contributed by atoms with van der Waals surface area (Å²) in [4.78, 5) is 25.3. The van der Waals surface area contributed by atoms with Crippen molar-refractivity contribution < 1.29 is 13.9 Å². The van der Waals surface area contributed by atoms with E-state index in [0.29, 0.717) is 18.2 Å². The van der Waals surface area contributed by atoms with Gasteiger partial charge in [0.25, 0.3) is 5.91 Å². The summed E-state index contributed by atoms with van der Waals surface area (Å²) in [5.74, 6) is 1.77. The number of hydrogen-bond donors (Lipinski definition) is 1. The van der Waals surface area contributed by atoms with E-state index < -0.39 is 0 Å². The summed E-state index contributed by atoms with van der Waals surface area (Å²) in [6.07, 6.45) is 1.57. The first-order chi connectivity index (χ1) is 12.5. The quantitative estimate of drug-likeness (QED) is 0.844. The van der Waals surface area contributed by atoms with E-state index >= 15 is 0 Å². The molecule has 140 valence electrons. The SMILES string of the molecule is CC(C)OCc1ccc(C(=O)Nc2cc(N3CCN(C)CC3)ncn2)o1. The van der Waals surface area contributed by atoms with Crippen molar-refractivity contribution in [3.05, 3.63) is 36.0 Å². The Morgan fingerprint density at radius 1 is 1.27 bits per heavy atom. The molecule has 26 heavy (non-hydrogen) atoms. The van der Waals surface area contributed by atoms with Gasteiger partial charge < -0.3 is 24.3 Å². The minimum absolute atomic E-state index is 0.103. The van der Waals surface area contributed by atoms with Crippen molar-refractivity contribution in [2.45, 2.75) is 26.6 Å². The lowest BCUT2D eigenvalue weighted by Gasteiger charge is -2.33. The number of likely N-dealkylation sites (N-methyl/N-ethyl adjacent to an activating group) is 1. The van der Waals surface area contributed by atoms with Crippen molar-refractivity contribution in [2.75, 3.05) is 43.4 Å². The molecule has 1 amide bonds. The highest BCUT2D eigenvalue weighted by Crippen LogP contribution is 2.17. The molecule has 0 aromatic carbocycles. The molecular weight excluding hydrogens is 334 g/mol. The number of ether oxygens (including phenoxy) is 1. The van der Waals surface area contributed by atoms with Gasteiger partial charge >= 0.3 is 0 Å². The molecule has 2 aromatic heterocycles. The third kappa shape index (κ3) is 4.80. The second kappa shape index (κ2) is 8.29. The molecule has 0 aliphatic carbocycles. The van der Waals surface area contributed by atoms with E-state index in [1.165, 1.54) is 6.33 Å². The molecule has 1 N–H and O–H groups in total. The lowest BCUT2D eigenvalue weighted by molar-refractivity contribution is 0.0537. The standard InChI is InChI=1S/C18H25N5O3/c1-13(2)25-11-14-4-5-15(26-14)18(24)21-16-10-17(20-12-19-16)23-8-6-22(3)7-9-23/h4-5,10,12-13H,6-9,11H2,1-3H3,(H,19,20,21,24). The van der Waals surface area contributed by atoms with Crippen molar-refractivity contribution in [3.63, 3.8) is 0 Å². The molecule has 3 rings (SSSR count). The number of carbonyl (C=O) groups excluding carboxylic acids is 1. The highest BCUT2D eigenvalue weighted by atomic mass is 16.5. The molecule has 0 radical (unpaired) electrons. The van der Waals surface area contributed by atoms with E-state index in [9.17, 15) is 4.79 Å². The molecule has 0 bridgehead atoms. The van der Waals surface area contributed by atoms with Crippen LogP contribution in [0.25, 0.3) is 0 Å². The first kappa shape index (κ1) is 18.3. The molecule has 0 saturated carbocycles. The smallest absolute Gasteiger partial charge is 0.292 e. The maximum absolute atomic E-state index is 12.4. The third-order valence-corrected chi connectivity index (χ3v) is 4.17. The van der Waals surface area contributed by atoms with Crippen molar-refractivity contribution in [3.8, 4) is 0 Å². The van der Waals surface area contributed by atoms with Crippen molar-refractivity contribution in [1.82, 2.24) is 14.9 Å². The number of amides is 1. The summed E-state index contributed by atoms with van der Waals surface area (Å²) < 4.78 is 11.0. The van der Waals surface area contributed by atoms with Gasteiger partial charge in [0, 0.05) is 32.2 Å². The Kier molecular flexibility index (Phi) is 5.85. The number of aromatic nitrogens is 2. The number of hydrogen-bond acceptors (Lipinski definition) is 7. The summed E-state index contributed by atoms with van der Waals surface area (Å²) in [5.41, 5.74) is 0. The van der Waals surface area contributed by atoms with Crippen LogP contribution in [-0.2, 0) is 11.3 Å². The Morgan fingerprint density at radius 3 is 2.77 bits per heavy atom. The number of nitrogens with zero attached hydrogens (tertiary/aromatic N) is 4. The van der Waals surface area contributed by atoms with E-state index in [-0.39, 0.29) is 17.8 Å². The van der Waals surface area contributed by atoms with Crippen LogP contribution in [0.1, 0.15) is 30.2 Å². The maximum Gasteiger partial charge on any atom is 0.292 e. The van der Waals surface area contributed by atoms with Crippen LogP contribution in [0.5, 0.6) is 0 Å². The summed E-state index contributed by atoms with van der Waals surface area (Å²) in [6, 6.07) is 5.17. The van der Waals surface area contributed by atoms with Gasteiger partial charge in [0.05, 0.1) is 6.10 Å². The number of anilines is 2. The number of carbonyl (C=O) groups is 1. The van der Waals surface area contributed by atoms with Crippen molar-refractivity contribution >= 4 is 17.5 Å². The molecule has 8 nitrogen and oxygen atoms in total. The van der Waals surface area contributed by atoms with Crippen LogP contribution < -0.4 is 10.2 Å². The molecule has 0 atom stereocenters. The van der Waals surface area contributed by atoms with Gasteiger partial charge in [0.15, 0.2) is 5.76 Å². The fourth-order valence-electron chi connectivity index (χ4n) is 2.63. The van der Waals surface area contributed by atoms with Crippen LogP contribution in [0, 0.1) is 0 Å². The van der Waals surface area contributed by atoms with Crippen LogP contribution in [-0.4, -0.2) is 60.1 Å². The van der Waals surface area contributed by atoms with E-state index in [2.05, 4.69) is 32.1 Å². The van der Waals surface area contributed by atoms with Gasteiger partial charge in [-0.2, -0.15) is 0 Å². The fraction of sp³-hybridized carbons (Fsp3) is 0.500. The number of piperazine rings is 1. The summed E-state index contributed by atoms with van der Waals surface area (Å²) in [5, 5.41) is 2.76. The molecule has 0 spiro atoms. The van der Waals surface area contributed by atoms with Crippen LogP contribution in [0.15, 0.2) is 28.9 Å². The number of rotatable bonds is 6. The molecule has 0 unspecified atom stereocenters. The molecule has 1 saturated heterocycles. The molecule has 1 fully saturated rings. The third-order valence-electron chi connectivity index (χ3n) is 4.17. The zero-order chi connectivity index (χ0) is 18.5. The minimum Gasteiger partial charge on any atom is -0.453 e. The van der Waals surface area contributed by atoms with Crippen LogP contribution >= 0.6 is 0 Å². The van der Waals surface area contributed by atoms with Gasteiger partial charge in [0.2, 0.25) is 0 Å². The van der Waals surface area contributed by atoms with E-state index in [1.54, 1.807) is 18.2 Å². The molecule has 1 aliphatic rings. The second-order valence-electron chi connectivity index (χ2n) is 6.63. The van der Waals surface area contributed by atoms with Crippen LogP contribution in [0.4, 0.5) is 11.6 Å².